The second-order valence-electron chi connectivity index (χ2n) is 5.65. The zero-order valence-electron chi connectivity index (χ0n) is 12.2. The van der Waals surface area contributed by atoms with Crippen LogP contribution in [0.3, 0.4) is 0 Å². The number of hydrogen-bond acceptors (Lipinski definition) is 3. The molecule has 1 heterocycles. The van der Waals surface area contributed by atoms with Gasteiger partial charge < -0.3 is 15.5 Å². The summed E-state index contributed by atoms with van der Waals surface area (Å²) in [6.45, 7) is 0.573. The van der Waals surface area contributed by atoms with E-state index in [9.17, 15) is 9.18 Å². The van der Waals surface area contributed by atoms with Crippen LogP contribution in [0, 0.1) is 11.7 Å². The van der Waals surface area contributed by atoms with E-state index >= 15 is 0 Å². The average Bonchev–Trinajstić information content (AvgIpc) is 3.16. The summed E-state index contributed by atoms with van der Waals surface area (Å²) in [6, 6.07) is 9.61. The van der Waals surface area contributed by atoms with E-state index in [4.69, 9.17) is 10.2 Å². The van der Waals surface area contributed by atoms with Crippen LogP contribution in [0.1, 0.15) is 29.8 Å². The summed E-state index contributed by atoms with van der Waals surface area (Å²) >= 11 is 0. The van der Waals surface area contributed by atoms with Crippen LogP contribution in [0.5, 0.6) is 0 Å². The van der Waals surface area contributed by atoms with Crippen LogP contribution in [0.2, 0.25) is 0 Å². The zero-order valence-corrected chi connectivity index (χ0v) is 12.2. The minimum Gasteiger partial charge on any atom is -0.451 e. The van der Waals surface area contributed by atoms with Gasteiger partial charge in [-0.3, -0.25) is 4.79 Å². The van der Waals surface area contributed by atoms with Gasteiger partial charge >= 0.3 is 0 Å². The van der Waals surface area contributed by atoms with Crippen LogP contribution < -0.4 is 11.1 Å². The smallest absolute Gasteiger partial charge is 0.287 e. The normalized spacial score (nSPS) is 21.0. The first kappa shape index (κ1) is 14.8. The highest BCUT2D eigenvalue weighted by molar-refractivity contribution is 5.92. The van der Waals surface area contributed by atoms with Crippen molar-refractivity contribution in [2.75, 3.05) is 6.54 Å². The van der Waals surface area contributed by atoms with E-state index in [2.05, 4.69) is 5.32 Å². The van der Waals surface area contributed by atoms with E-state index < -0.39 is 0 Å². The van der Waals surface area contributed by atoms with Gasteiger partial charge in [0.15, 0.2) is 5.76 Å². The Bertz CT molecular complexity index is 668. The molecule has 0 spiro atoms. The van der Waals surface area contributed by atoms with Gasteiger partial charge in [-0.05, 0) is 49.6 Å². The highest BCUT2D eigenvalue weighted by atomic mass is 19.1. The Morgan fingerprint density at radius 1 is 1.27 bits per heavy atom. The third-order valence-corrected chi connectivity index (χ3v) is 4.25. The number of nitrogens with one attached hydrogen (secondary N) is 1. The van der Waals surface area contributed by atoms with Crippen molar-refractivity contribution < 1.29 is 13.6 Å². The van der Waals surface area contributed by atoms with Gasteiger partial charge in [0, 0.05) is 6.04 Å². The Morgan fingerprint density at radius 3 is 2.86 bits per heavy atom. The van der Waals surface area contributed by atoms with Crippen LogP contribution >= 0.6 is 0 Å². The molecule has 116 valence electrons. The van der Waals surface area contributed by atoms with Crippen molar-refractivity contribution in [3.05, 3.63) is 48.0 Å². The Morgan fingerprint density at radius 2 is 2.09 bits per heavy atom. The second kappa shape index (κ2) is 6.32. The molecule has 0 saturated heterocycles. The van der Waals surface area contributed by atoms with E-state index in [1.807, 2.05) is 0 Å². The lowest BCUT2D eigenvalue weighted by molar-refractivity contribution is 0.0901. The molecule has 1 aromatic heterocycles. The van der Waals surface area contributed by atoms with Gasteiger partial charge in [-0.1, -0.05) is 18.6 Å². The quantitative estimate of drug-likeness (QED) is 0.912. The van der Waals surface area contributed by atoms with Crippen molar-refractivity contribution in [1.82, 2.24) is 5.32 Å². The fourth-order valence-electron chi connectivity index (χ4n) is 3.01. The van der Waals surface area contributed by atoms with Crippen LogP contribution in [0.15, 0.2) is 40.8 Å². The van der Waals surface area contributed by atoms with Gasteiger partial charge in [-0.15, -0.1) is 0 Å². The lowest BCUT2D eigenvalue weighted by Crippen LogP contribution is -2.39. The molecule has 0 aliphatic heterocycles. The van der Waals surface area contributed by atoms with E-state index in [1.165, 1.54) is 6.07 Å². The van der Waals surface area contributed by atoms with Crippen LogP contribution in [-0.4, -0.2) is 18.5 Å². The minimum absolute atomic E-state index is 0.0968. The Kier molecular flexibility index (Phi) is 4.24. The van der Waals surface area contributed by atoms with Crippen molar-refractivity contribution in [3.63, 3.8) is 0 Å². The molecular formula is C17H19FN2O2. The number of carbonyl (C=O) groups excluding carboxylic acids is 1. The molecule has 1 aromatic carbocycles. The fourth-order valence-corrected chi connectivity index (χ4v) is 3.01. The molecule has 2 atom stereocenters. The van der Waals surface area contributed by atoms with Crippen LogP contribution in [0.25, 0.3) is 11.3 Å². The van der Waals surface area contributed by atoms with Crippen molar-refractivity contribution in [3.8, 4) is 11.3 Å². The largest absolute Gasteiger partial charge is 0.451 e. The Hall–Kier alpha value is -2.14. The highest BCUT2D eigenvalue weighted by Crippen LogP contribution is 2.27. The first-order valence-electron chi connectivity index (χ1n) is 7.54. The number of nitrogens with two attached hydrogens (primary N) is 1. The maximum absolute atomic E-state index is 13.7. The number of carbonyl (C=O) groups is 1. The molecule has 3 rings (SSSR count). The molecule has 0 bridgehead atoms. The fraction of sp³-hybridized carbons (Fsp3) is 0.353. The maximum Gasteiger partial charge on any atom is 0.287 e. The predicted octanol–water partition coefficient (Wildman–Crippen LogP) is 2.94. The molecule has 1 aliphatic carbocycles. The number of rotatable bonds is 4. The second-order valence-corrected chi connectivity index (χ2v) is 5.65. The molecule has 0 unspecified atom stereocenters. The predicted molar refractivity (Wildman–Crippen MR) is 81.8 cm³/mol. The van der Waals surface area contributed by atoms with Crippen molar-refractivity contribution in [2.24, 2.45) is 11.7 Å². The molecule has 1 fully saturated rings. The number of hydrogen-bond donors (Lipinski definition) is 2. The third kappa shape index (κ3) is 2.90. The summed E-state index contributed by atoms with van der Waals surface area (Å²) in [5.74, 6) is 0.228. The average molecular weight is 302 g/mol. The van der Waals surface area contributed by atoms with Crippen LogP contribution in [-0.2, 0) is 0 Å². The van der Waals surface area contributed by atoms with Crippen molar-refractivity contribution in [2.45, 2.75) is 25.3 Å². The monoisotopic (exact) mass is 302 g/mol. The summed E-state index contributed by atoms with van der Waals surface area (Å²) in [6.07, 6.45) is 3.06. The molecule has 3 N–H and O–H groups in total. The first-order chi connectivity index (χ1) is 10.7. The van der Waals surface area contributed by atoms with E-state index in [0.717, 1.165) is 19.3 Å². The van der Waals surface area contributed by atoms with Gasteiger partial charge in [0.05, 0.1) is 5.56 Å². The molecule has 22 heavy (non-hydrogen) atoms. The van der Waals surface area contributed by atoms with Gasteiger partial charge in [0.2, 0.25) is 0 Å². The molecule has 1 saturated carbocycles. The number of halogens is 1. The number of furan rings is 1. The van der Waals surface area contributed by atoms with Crippen molar-refractivity contribution >= 4 is 5.91 Å². The molecule has 4 nitrogen and oxygen atoms in total. The topological polar surface area (TPSA) is 68.3 Å². The summed E-state index contributed by atoms with van der Waals surface area (Å²) in [4.78, 5) is 12.3. The summed E-state index contributed by atoms with van der Waals surface area (Å²) in [5.41, 5.74) is 6.07. The van der Waals surface area contributed by atoms with E-state index in [0.29, 0.717) is 23.8 Å². The highest BCUT2D eigenvalue weighted by Gasteiger charge is 2.28. The van der Waals surface area contributed by atoms with E-state index in [1.54, 1.807) is 30.3 Å². The molecular weight excluding hydrogens is 283 g/mol. The minimum atomic E-state index is -0.372. The van der Waals surface area contributed by atoms with Gasteiger partial charge in [0.25, 0.3) is 5.91 Å². The summed E-state index contributed by atoms with van der Waals surface area (Å²) in [5, 5.41) is 2.97. The lowest BCUT2D eigenvalue weighted by Gasteiger charge is -2.18. The molecule has 2 aromatic rings. The van der Waals surface area contributed by atoms with Gasteiger partial charge in [-0.25, -0.2) is 4.39 Å². The molecule has 0 radical (unpaired) electrons. The van der Waals surface area contributed by atoms with Crippen LogP contribution in [0.4, 0.5) is 4.39 Å². The summed E-state index contributed by atoms with van der Waals surface area (Å²) < 4.78 is 19.2. The third-order valence-electron chi connectivity index (χ3n) is 4.25. The van der Waals surface area contributed by atoms with Gasteiger partial charge in [0.1, 0.15) is 11.6 Å². The Labute approximate surface area is 128 Å². The first-order valence-corrected chi connectivity index (χ1v) is 7.54. The molecule has 1 aliphatic rings. The number of benzene rings is 1. The number of amides is 1. The Balaban J connectivity index is 1.73. The zero-order chi connectivity index (χ0) is 15.5. The summed E-state index contributed by atoms with van der Waals surface area (Å²) in [7, 11) is 0. The standard InChI is InChI=1S/C17H19FN2O2/c18-13-6-2-1-5-12(13)15-8-9-16(22-15)17(21)20-14-7-3-4-11(14)10-19/h1-2,5-6,8-9,11,14H,3-4,7,10,19H2,(H,20,21)/t11-,14+/m1/s1. The lowest BCUT2D eigenvalue weighted by atomic mass is 10.0. The van der Waals surface area contributed by atoms with Crippen molar-refractivity contribution in [1.29, 1.82) is 0 Å². The molecule has 1 amide bonds. The molecule has 5 heteroatoms. The SMILES string of the molecule is NC[C@H]1CCC[C@@H]1NC(=O)c1ccc(-c2ccccc2F)o1. The van der Waals surface area contributed by atoms with Gasteiger partial charge in [-0.2, -0.15) is 0 Å². The maximum atomic E-state index is 13.7. The van der Waals surface area contributed by atoms with E-state index in [-0.39, 0.29) is 23.5 Å².